The number of nitrogens with zero attached hydrogens (tertiary/aromatic N) is 1. The molecule has 80 valence electrons. The third-order valence-electron chi connectivity index (χ3n) is 2.24. The fourth-order valence-electron chi connectivity index (χ4n) is 1.54. The molecule has 0 saturated carbocycles. The molecule has 0 aromatic heterocycles. The number of rotatable bonds is 2. The molecule has 0 unspecified atom stereocenters. The maximum atomic E-state index is 11.6. The van der Waals surface area contributed by atoms with E-state index in [1.165, 1.54) is 0 Å². The summed E-state index contributed by atoms with van der Waals surface area (Å²) in [6, 6.07) is 0. The number of nitrogens with two attached hydrogens (primary N) is 1. The van der Waals surface area contributed by atoms with Crippen molar-refractivity contribution in [3.05, 3.63) is 35.3 Å². The summed E-state index contributed by atoms with van der Waals surface area (Å²) in [4.78, 5) is 11.6. The van der Waals surface area contributed by atoms with Crippen molar-refractivity contribution in [3.8, 4) is 0 Å². The Balaban J connectivity index is 2.28. The van der Waals surface area contributed by atoms with E-state index in [4.69, 9.17) is 10.5 Å². The third kappa shape index (κ3) is 1.73. The van der Waals surface area contributed by atoms with Crippen LogP contribution in [-0.4, -0.2) is 24.1 Å². The standard InChI is InChI=1S/C10H13N3O2/c1-2-15-10(14)8-6-12-13-4-3-7(11)5-9(8)13/h3-5,12H,2,6,11H2,1H3. The van der Waals surface area contributed by atoms with E-state index in [0.29, 0.717) is 24.4 Å². The number of nitrogens with one attached hydrogen (secondary N) is 1. The SMILES string of the molecule is CCOC(=O)C1=C2C=C(N)C=CN2NC1. The molecular formula is C10H13N3O2. The highest BCUT2D eigenvalue weighted by Crippen LogP contribution is 2.22. The largest absolute Gasteiger partial charge is 0.463 e. The maximum absolute atomic E-state index is 11.6. The van der Waals surface area contributed by atoms with Crippen molar-refractivity contribution in [1.82, 2.24) is 10.4 Å². The van der Waals surface area contributed by atoms with Gasteiger partial charge in [0.05, 0.1) is 17.9 Å². The van der Waals surface area contributed by atoms with Crippen LogP contribution in [-0.2, 0) is 9.53 Å². The molecule has 3 N–H and O–H groups in total. The van der Waals surface area contributed by atoms with Crippen LogP contribution in [0.1, 0.15) is 6.92 Å². The molecule has 0 amide bonds. The zero-order chi connectivity index (χ0) is 10.8. The van der Waals surface area contributed by atoms with Gasteiger partial charge in [0, 0.05) is 18.4 Å². The van der Waals surface area contributed by atoms with E-state index in [0.717, 1.165) is 5.70 Å². The predicted octanol–water partition coefficient (Wildman–Crippen LogP) is -0.00630. The van der Waals surface area contributed by atoms with Crippen LogP contribution in [0.2, 0.25) is 0 Å². The van der Waals surface area contributed by atoms with Gasteiger partial charge in [0.1, 0.15) is 0 Å². The summed E-state index contributed by atoms with van der Waals surface area (Å²) in [5.74, 6) is -0.290. The molecule has 0 radical (unpaired) electrons. The van der Waals surface area contributed by atoms with E-state index >= 15 is 0 Å². The number of ether oxygens (including phenoxy) is 1. The molecule has 0 aromatic carbocycles. The molecule has 2 aliphatic rings. The van der Waals surface area contributed by atoms with E-state index in [9.17, 15) is 4.79 Å². The van der Waals surface area contributed by atoms with Gasteiger partial charge in [0.15, 0.2) is 0 Å². The minimum absolute atomic E-state index is 0.290. The Morgan fingerprint density at radius 1 is 1.73 bits per heavy atom. The lowest BCUT2D eigenvalue weighted by atomic mass is 10.1. The lowest BCUT2D eigenvalue weighted by molar-refractivity contribution is -0.138. The number of esters is 1. The Hall–Kier alpha value is -1.75. The van der Waals surface area contributed by atoms with Crippen molar-refractivity contribution in [3.63, 3.8) is 0 Å². The van der Waals surface area contributed by atoms with Crippen LogP contribution in [0.3, 0.4) is 0 Å². The molecule has 0 aliphatic carbocycles. The van der Waals surface area contributed by atoms with Crippen LogP contribution in [0, 0.1) is 0 Å². The van der Waals surface area contributed by atoms with E-state index in [2.05, 4.69) is 5.43 Å². The van der Waals surface area contributed by atoms with Gasteiger partial charge in [-0.15, -0.1) is 0 Å². The third-order valence-corrected chi connectivity index (χ3v) is 2.24. The second-order valence-electron chi connectivity index (χ2n) is 3.25. The molecule has 2 heterocycles. The monoisotopic (exact) mass is 207 g/mol. The second-order valence-corrected chi connectivity index (χ2v) is 3.25. The first kappa shape index (κ1) is 9.79. The molecule has 0 saturated heterocycles. The molecule has 0 bridgehead atoms. The summed E-state index contributed by atoms with van der Waals surface area (Å²) < 4.78 is 4.95. The normalized spacial score (nSPS) is 19.0. The number of carbonyl (C=O) groups is 1. The van der Waals surface area contributed by atoms with Gasteiger partial charge in [-0.05, 0) is 19.1 Å². The van der Waals surface area contributed by atoms with Crippen molar-refractivity contribution in [2.45, 2.75) is 6.92 Å². The van der Waals surface area contributed by atoms with Crippen LogP contribution in [0.4, 0.5) is 0 Å². The van der Waals surface area contributed by atoms with Crippen molar-refractivity contribution in [1.29, 1.82) is 0 Å². The number of hydrogen-bond acceptors (Lipinski definition) is 5. The Labute approximate surface area is 87.8 Å². The lowest BCUT2D eigenvalue weighted by Crippen LogP contribution is -2.27. The first-order valence-corrected chi connectivity index (χ1v) is 4.80. The molecule has 15 heavy (non-hydrogen) atoms. The summed E-state index contributed by atoms with van der Waals surface area (Å²) in [7, 11) is 0. The summed E-state index contributed by atoms with van der Waals surface area (Å²) in [5, 5.41) is 1.77. The van der Waals surface area contributed by atoms with E-state index < -0.39 is 0 Å². The maximum Gasteiger partial charge on any atom is 0.337 e. The summed E-state index contributed by atoms with van der Waals surface area (Å²) in [6.45, 7) is 2.64. The highest BCUT2D eigenvalue weighted by atomic mass is 16.5. The Morgan fingerprint density at radius 2 is 2.53 bits per heavy atom. The summed E-state index contributed by atoms with van der Waals surface area (Å²) in [5.41, 5.74) is 10.7. The number of hydrazine groups is 1. The van der Waals surface area contributed by atoms with Gasteiger partial charge in [-0.25, -0.2) is 10.2 Å². The van der Waals surface area contributed by atoms with Crippen LogP contribution < -0.4 is 11.2 Å². The van der Waals surface area contributed by atoms with Crippen molar-refractivity contribution in [2.24, 2.45) is 5.73 Å². The van der Waals surface area contributed by atoms with E-state index in [1.54, 1.807) is 30.3 Å². The van der Waals surface area contributed by atoms with Crippen molar-refractivity contribution in [2.75, 3.05) is 13.2 Å². The predicted molar refractivity (Wildman–Crippen MR) is 54.9 cm³/mol. The Morgan fingerprint density at radius 3 is 3.27 bits per heavy atom. The molecule has 0 aromatic rings. The van der Waals surface area contributed by atoms with E-state index in [1.807, 2.05) is 0 Å². The number of carbonyl (C=O) groups excluding carboxylic acids is 1. The Kier molecular flexibility index (Phi) is 2.47. The zero-order valence-electron chi connectivity index (χ0n) is 8.49. The van der Waals surface area contributed by atoms with Crippen LogP contribution in [0.5, 0.6) is 0 Å². The summed E-state index contributed by atoms with van der Waals surface area (Å²) >= 11 is 0. The number of allylic oxidation sites excluding steroid dienone is 2. The minimum Gasteiger partial charge on any atom is -0.463 e. The van der Waals surface area contributed by atoms with Crippen LogP contribution in [0.25, 0.3) is 0 Å². The van der Waals surface area contributed by atoms with Gasteiger partial charge in [-0.2, -0.15) is 0 Å². The molecule has 5 nitrogen and oxygen atoms in total. The second kappa shape index (κ2) is 3.78. The van der Waals surface area contributed by atoms with Crippen LogP contribution in [0.15, 0.2) is 35.3 Å². The highest BCUT2D eigenvalue weighted by molar-refractivity contribution is 5.91. The smallest absolute Gasteiger partial charge is 0.337 e. The van der Waals surface area contributed by atoms with E-state index in [-0.39, 0.29) is 5.97 Å². The van der Waals surface area contributed by atoms with Gasteiger partial charge >= 0.3 is 5.97 Å². The molecule has 5 heteroatoms. The van der Waals surface area contributed by atoms with Crippen molar-refractivity contribution >= 4 is 5.97 Å². The molecule has 0 spiro atoms. The van der Waals surface area contributed by atoms with Gasteiger partial charge in [-0.3, -0.25) is 5.01 Å². The van der Waals surface area contributed by atoms with Gasteiger partial charge < -0.3 is 10.5 Å². The number of hydrogen-bond donors (Lipinski definition) is 2. The van der Waals surface area contributed by atoms with Gasteiger partial charge in [0.25, 0.3) is 0 Å². The zero-order valence-corrected chi connectivity index (χ0v) is 8.49. The average Bonchev–Trinajstić information content (AvgIpc) is 2.60. The average molecular weight is 207 g/mol. The summed E-state index contributed by atoms with van der Waals surface area (Å²) in [6.07, 6.45) is 5.31. The Bertz CT molecular complexity index is 382. The molecule has 2 aliphatic heterocycles. The molecular weight excluding hydrogens is 194 g/mol. The van der Waals surface area contributed by atoms with Crippen LogP contribution >= 0.6 is 0 Å². The fourth-order valence-corrected chi connectivity index (χ4v) is 1.54. The molecule has 0 atom stereocenters. The fraction of sp³-hybridized carbons (Fsp3) is 0.300. The number of fused-ring (bicyclic) bond motifs is 1. The lowest BCUT2D eigenvalue weighted by Gasteiger charge is -2.18. The molecule has 2 rings (SSSR count). The van der Waals surface area contributed by atoms with Gasteiger partial charge in [0.2, 0.25) is 0 Å². The minimum atomic E-state index is -0.290. The topological polar surface area (TPSA) is 67.6 Å². The first-order chi connectivity index (χ1) is 7.22. The van der Waals surface area contributed by atoms with Gasteiger partial charge in [-0.1, -0.05) is 0 Å². The highest BCUT2D eigenvalue weighted by Gasteiger charge is 2.26. The quantitative estimate of drug-likeness (QED) is 0.623. The first-order valence-electron chi connectivity index (χ1n) is 4.80. The van der Waals surface area contributed by atoms with Crippen molar-refractivity contribution < 1.29 is 9.53 Å². The molecule has 0 fully saturated rings.